The van der Waals surface area contributed by atoms with Crippen LogP contribution >= 0.6 is 0 Å². The minimum absolute atomic E-state index is 0. The van der Waals surface area contributed by atoms with Gasteiger partial charge in [0.05, 0.1) is 0 Å². The summed E-state index contributed by atoms with van der Waals surface area (Å²) in [6.07, 6.45) is 2.94. The smallest absolute Gasteiger partial charge is 0.501 e. The average molecular weight is 155 g/mol. The van der Waals surface area contributed by atoms with E-state index in [1.807, 2.05) is 20.8 Å². The second kappa shape index (κ2) is 6.55. The monoisotopic (exact) mass is 154 g/mol. The molecule has 0 bridgehead atoms. The first kappa shape index (κ1) is 10.5. The normalized spacial score (nSPS) is 5.83. The fourth-order valence-electron chi connectivity index (χ4n) is 0. The molecule has 0 unspecified atom stereocenters. The molecule has 0 saturated heterocycles. The first-order chi connectivity index (χ1) is 2.27. The van der Waals surface area contributed by atoms with E-state index < -0.39 is 0 Å². The molecule has 0 aliphatic rings. The Morgan fingerprint density at radius 2 is 1.50 bits per heavy atom. The molecule has 0 aromatic rings. The summed E-state index contributed by atoms with van der Waals surface area (Å²) in [7, 11) is 0. The molecule has 0 rings (SSSR count). The van der Waals surface area contributed by atoms with Crippen molar-refractivity contribution >= 4 is 0 Å². The molecule has 1 heteroatoms. The SMILES string of the molecule is C[C-]=C(C)C.[Rb+]. The van der Waals surface area contributed by atoms with Gasteiger partial charge in [-0.1, -0.05) is 13.8 Å². The Balaban J connectivity index is 0. The van der Waals surface area contributed by atoms with Crippen LogP contribution in [0.2, 0.25) is 0 Å². The summed E-state index contributed by atoms with van der Waals surface area (Å²) in [6, 6.07) is 0. The molecular weight excluding hydrogens is 146 g/mol. The van der Waals surface area contributed by atoms with Crippen LogP contribution in [0.1, 0.15) is 20.8 Å². The van der Waals surface area contributed by atoms with Crippen molar-refractivity contribution in [1.82, 2.24) is 0 Å². The maximum absolute atomic E-state index is 2.94. The van der Waals surface area contributed by atoms with E-state index in [1.165, 1.54) is 5.57 Å². The van der Waals surface area contributed by atoms with Gasteiger partial charge >= 0.3 is 58.2 Å². The van der Waals surface area contributed by atoms with Gasteiger partial charge in [-0.3, -0.25) is 5.57 Å². The van der Waals surface area contributed by atoms with Gasteiger partial charge in [0.25, 0.3) is 0 Å². The van der Waals surface area contributed by atoms with E-state index >= 15 is 0 Å². The van der Waals surface area contributed by atoms with Crippen molar-refractivity contribution in [2.75, 3.05) is 0 Å². The van der Waals surface area contributed by atoms with E-state index in [0.29, 0.717) is 0 Å². The van der Waals surface area contributed by atoms with E-state index in [2.05, 4.69) is 6.08 Å². The summed E-state index contributed by atoms with van der Waals surface area (Å²) < 4.78 is 0. The molecule has 0 aliphatic carbocycles. The standard InChI is InChI=1S/C5H9.Rb/c1-4-5(2)3;/h1-3H3;/q-1;+1. The van der Waals surface area contributed by atoms with Crippen molar-refractivity contribution in [2.24, 2.45) is 0 Å². The Labute approximate surface area is 88.8 Å². The minimum atomic E-state index is 0. The quantitative estimate of drug-likeness (QED) is 0.384. The van der Waals surface area contributed by atoms with Crippen LogP contribution in [0.5, 0.6) is 0 Å². The van der Waals surface area contributed by atoms with E-state index in [9.17, 15) is 0 Å². The molecule has 0 fully saturated rings. The van der Waals surface area contributed by atoms with Gasteiger partial charge in [-0.25, -0.2) is 0 Å². The summed E-state index contributed by atoms with van der Waals surface area (Å²) in [6.45, 7) is 5.97. The van der Waals surface area contributed by atoms with Crippen LogP contribution < -0.4 is 58.2 Å². The zero-order chi connectivity index (χ0) is 4.28. The van der Waals surface area contributed by atoms with Crippen LogP contribution in [0.15, 0.2) is 5.57 Å². The number of allylic oxidation sites excluding steroid dienone is 2. The third-order valence-electron chi connectivity index (χ3n) is 0.500. The predicted molar refractivity (Wildman–Crippen MR) is 23.8 cm³/mol. The largest absolute Gasteiger partial charge is 1.00 e. The van der Waals surface area contributed by atoms with Crippen molar-refractivity contribution < 1.29 is 58.2 Å². The second-order valence-electron chi connectivity index (χ2n) is 1.25. The summed E-state index contributed by atoms with van der Waals surface area (Å²) in [4.78, 5) is 0. The summed E-state index contributed by atoms with van der Waals surface area (Å²) in [5.74, 6) is 0. The summed E-state index contributed by atoms with van der Waals surface area (Å²) >= 11 is 0. The van der Waals surface area contributed by atoms with Crippen molar-refractivity contribution in [1.29, 1.82) is 0 Å². The Hall–Kier alpha value is 1.55. The number of rotatable bonds is 0. The zero-order valence-electron chi connectivity index (χ0n) is 5.00. The summed E-state index contributed by atoms with van der Waals surface area (Å²) in [5.41, 5.74) is 1.25. The van der Waals surface area contributed by atoms with Crippen molar-refractivity contribution in [3.8, 4) is 0 Å². The van der Waals surface area contributed by atoms with Gasteiger partial charge in [0.2, 0.25) is 0 Å². The molecule has 0 saturated carbocycles. The maximum Gasteiger partial charge on any atom is 1.00 e. The van der Waals surface area contributed by atoms with Crippen LogP contribution in [0, 0.1) is 6.08 Å². The molecule has 0 N–H and O–H groups in total. The predicted octanol–water partition coefficient (Wildman–Crippen LogP) is -1.22. The fraction of sp³-hybridized carbons (Fsp3) is 0.600. The first-order valence-corrected chi connectivity index (χ1v) is 1.75. The van der Waals surface area contributed by atoms with Crippen LogP contribution in [0.3, 0.4) is 0 Å². The number of hydrogen-bond acceptors (Lipinski definition) is 0. The third-order valence-corrected chi connectivity index (χ3v) is 0.500. The molecule has 0 amide bonds. The molecule has 0 aromatic carbocycles. The van der Waals surface area contributed by atoms with Crippen LogP contribution in [0.4, 0.5) is 0 Å². The first-order valence-electron chi connectivity index (χ1n) is 1.75. The van der Waals surface area contributed by atoms with Gasteiger partial charge in [0.1, 0.15) is 0 Å². The Kier molecular flexibility index (Phi) is 11.5. The third kappa shape index (κ3) is 9.11. The van der Waals surface area contributed by atoms with E-state index in [1.54, 1.807) is 0 Å². The van der Waals surface area contributed by atoms with E-state index in [4.69, 9.17) is 0 Å². The second-order valence-corrected chi connectivity index (χ2v) is 1.25. The molecule has 0 aliphatic heterocycles. The van der Waals surface area contributed by atoms with Crippen LogP contribution in [0.25, 0.3) is 0 Å². The van der Waals surface area contributed by atoms with Gasteiger partial charge in [0.15, 0.2) is 0 Å². The van der Waals surface area contributed by atoms with Gasteiger partial charge < -0.3 is 6.08 Å². The van der Waals surface area contributed by atoms with Crippen LogP contribution in [-0.2, 0) is 0 Å². The topological polar surface area (TPSA) is 0 Å². The Morgan fingerprint density at radius 1 is 1.33 bits per heavy atom. The molecule has 6 heavy (non-hydrogen) atoms. The molecular formula is C5H9Rb. The van der Waals surface area contributed by atoms with Crippen molar-refractivity contribution in [2.45, 2.75) is 20.8 Å². The minimum Gasteiger partial charge on any atom is -0.501 e. The van der Waals surface area contributed by atoms with Crippen LogP contribution in [-0.4, -0.2) is 0 Å². The average Bonchev–Trinajstić information content (AvgIpc) is 1.38. The van der Waals surface area contributed by atoms with Gasteiger partial charge in [0, 0.05) is 0 Å². The van der Waals surface area contributed by atoms with E-state index in [0.717, 1.165) is 0 Å². The summed E-state index contributed by atoms with van der Waals surface area (Å²) in [5, 5.41) is 0. The zero-order valence-corrected chi connectivity index (χ0v) is 9.92. The molecule has 0 aromatic heterocycles. The molecule has 0 spiro atoms. The molecule has 0 radical (unpaired) electrons. The van der Waals surface area contributed by atoms with Gasteiger partial charge in [-0.05, 0) is 0 Å². The molecule has 0 heterocycles. The molecule has 30 valence electrons. The Bertz CT molecular complexity index is 41.9. The van der Waals surface area contributed by atoms with Gasteiger partial charge in [-0.15, -0.1) is 0 Å². The van der Waals surface area contributed by atoms with Crippen molar-refractivity contribution in [3.63, 3.8) is 0 Å². The van der Waals surface area contributed by atoms with E-state index in [-0.39, 0.29) is 58.2 Å². The van der Waals surface area contributed by atoms with Gasteiger partial charge in [-0.2, -0.15) is 6.92 Å². The number of hydrogen-bond donors (Lipinski definition) is 0. The fourth-order valence-corrected chi connectivity index (χ4v) is 0. The Morgan fingerprint density at radius 3 is 1.50 bits per heavy atom. The van der Waals surface area contributed by atoms with Crippen molar-refractivity contribution in [3.05, 3.63) is 11.6 Å². The molecule has 0 atom stereocenters. The maximum atomic E-state index is 2.94. The molecule has 0 nitrogen and oxygen atoms in total.